The quantitative estimate of drug-likeness (QED) is 0.793. The summed E-state index contributed by atoms with van der Waals surface area (Å²) >= 11 is 1.46. The fraction of sp³-hybridized carbons (Fsp3) is 0.455. The molecule has 102 valence electrons. The van der Waals surface area contributed by atoms with Gasteiger partial charge in [-0.25, -0.2) is 4.98 Å². The Balaban J connectivity index is 1.75. The molecule has 2 aromatic rings. The first-order valence-corrected chi connectivity index (χ1v) is 6.70. The average molecular weight is 282 g/mol. The van der Waals surface area contributed by atoms with Crippen molar-refractivity contribution in [3.8, 4) is 0 Å². The van der Waals surface area contributed by atoms with Crippen LogP contribution in [0, 0.1) is 6.92 Å². The number of aromatic nitrogens is 3. The Bertz CT molecular complexity index is 552. The van der Waals surface area contributed by atoms with Crippen molar-refractivity contribution < 1.29 is 14.4 Å². The van der Waals surface area contributed by atoms with Crippen LogP contribution in [-0.4, -0.2) is 32.7 Å². The van der Waals surface area contributed by atoms with Gasteiger partial charge in [-0.2, -0.15) is 4.98 Å². The van der Waals surface area contributed by atoms with Gasteiger partial charge in [-0.15, -0.1) is 11.3 Å². The van der Waals surface area contributed by atoms with E-state index in [9.17, 15) is 4.79 Å². The fourth-order valence-corrected chi connectivity index (χ4v) is 2.23. The molecule has 0 aliphatic heterocycles. The molecule has 2 rings (SSSR count). The molecule has 19 heavy (non-hydrogen) atoms. The number of hydrogen-bond acceptors (Lipinski definition) is 7. The van der Waals surface area contributed by atoms with Crippen molar-refractivity contribution in [2.75, 3.05) is 11.9 Å². The van der Waals surface area contributed by atoms with Gasteiger partial charge >= 0.3 is 5.97 Å². The van der Waals surface area contributed by atoms with Crippen molar-refractivity contribution in [1.29, 1.82) is 0 Å². The van der Waals surface area contributed by atoms with E-state index in [0.29, 0.717) is 31.1 Å². The Morgan fingerprint density at radius 2 is 2.32 bits per heavy atom. The lowest BCUT2D eigenvalue weighted by Gasteiger charge is -1.98. The van der Waals surface area contributed by atoms with Crippen LogP contribution in [0.1, 0.15) is 23.8 Å². The van der Waals surface area contributed by atoms with E-state index < -0.39 is 5.97 Å². The molecular formula is C11H14N4O3S. The number of carboxylic acids is 1. The predicted molar refractivity (Wildman–Crippen MR) is 69.3 cm³/mol. The summed E-state index contributed by atoms with van der Waals surface area (Å²) in [6, 6.07) is 0. The molecule has 0 radical (unpaired) electrons. The summed E-state index contributed by atoms with van der Waals surface area (Å²) in [7, 11) is 0. The van der Waals surface area contributed by atoms with E-state index in [-0.39, 0.29) is 6.42 Å². The number of thiazole rings is 1. The molecule has 0 aliphatic carbocycles. The van der Waals surface area contributed by atoms with E-state index in [1.807, 2.05) is 5.38 Å². The Labute approximate surface area is 113 Å². The van der Waals surface area contributed by atoms with Gasteiger partial charge in [0.05, 0.1) is 12.1 Å². The first-order valence-electron chi connectivity index (χ1n) is 5.83. The lowest BCUT2D eigenvalue weighted by Crippen LogP contribution is -2.05. The Kier molecular flexibility index (Phi) is 4.45. The molecule has 7 nitrogen and oxygen atoms in total. The van der Waals surface area contributed by atoms with Crippen LogP contribution in [0.5, 0.6) is 0 Å². The van der Waals surface area contributed by atoms with Gasteiger partial charge in [0, 0.05) is 24.8 Å². The minimum absolute atomic E-state index is 0.102. The van der Waals surface area contributed by atoms with E-state index in [2.05, 4.69) is 20.4 Å². The van der Waals surface area contributed by atoms with Gasteiger partial charge in [0.25, 0.3) is 0 Å². The van der Waals surface area contributed by atoms with E-state index in [1.165, 1.54) is 11.3 Å². The number of carbonyl (C=O) groups is 1. The minimum atomic E-state index is -0.811. The molecule has 2 N–H and O–H groups in total. The van der Waals surface area contributed by atoms with Crippen LogP contribution in [0.4, 0.5) is 5.13 Å². The van der Waals surface area contributed by atoms with E-state index in [4.69, 9.17) is 9.63 Å². The topological polar surface area (TPSA) is 101 Å². The summed E-state index contributed by atoms with van der Waals surface area (Å²) in [5, 5.41) is 18.1. The average Bonchev–Trinajstić information content (AvgIpc) is 2.96. The molecule has 0 fully saturated rings. The van der Waals surface area contributed by atoms with Crippen molar-refractivity contribution >= 4 is 22.4 Å². The van der Waals surface area contributed by atoms with E-state index in [0.717, 1.165) is 10.8 Å². The summed E-state index contributed by atoms with van der Waals surface area (Å²) in [5.74, 6) is 0.405. The SMILES string of the molecule is Cc1noc(CCNc2nc(CCC(=O)O)cs2)n1. The van der Waals surface area contributed by atoms with Crippen LogP contribution in [0.3, 0.4) is 0 Å². The normalized spacial score (nSPS) is 10.6. The number of aliphatic carboxylic acids is 1. The fourth-order valence-electron chi connectivity index (χ4n) is 1.46. The number of aryl methyl sites for hydroxylation is 2. The summed E-state index contributed by atoms with van der Waals surface area (Å²) in [6.45, 7) is 2.42. The summed E-state index contributed by atoms with van der Waals surface area (Å²) in [6.07, 6.45) is 1.19. The lowest BCUT2D eigenvalue weighted by atomic mass is 10.2. The van der Waals surface area contributed by atoms with Gasteiger partial charge in [0.15, 0.2) is 11.0 Å². The van der Waals surface area contributed by atoms with Gasteiger partial charge in [-0.05, 0) is 6.92 Å². The highest BCUT2D eigenvalue weighted by Gasteiger charge is 2.06. The van der Waals surface area contributed by atoms with Crippen LogP contribution in [0.2, 0.25) is 0 Å². The molecule has 0 aliphatic rings. The molecule has 2 aromatic heterocycles. The third-order valence-corrected chi connectivity index (χ3v) is 3.18. The highest BCUT2D eigenvalue weighted by Crippen LogP contribution is 2.16. The molecule has 0 amide bonds. The second-order valence-corrected chi connectivity index (χ2v) is 4.81. The van der Waals surface area contributed by atoms with Crippen molar-refractivity contribution in [2.45, 2.75) is 26.2 Å². The van der Waals surface area contributed by atoms with Crippen molar-refractivity contribution in [3.63, 3.8) is 0 Å². The molecule has 2 heterocycles. The Hall–Kier alpha value is -1.96. The summed E-state index contributed by atoms with van der Waals surface area (Å²) in [5.41, 5.74) is 0.795. The van der Waals surface area contributed by atoms with Crippen LogP contribution in [-0.2, 0) is 17.6 Å². The number of nitrogens with zero attached hydrogens (tertiary/aromatic N) is 3. The summed E-state index contributed by atoms with van der Waals surface area (Å²) in [4.78, 5) is 18.8. The number of nitrogens with one attached hydrogen (secondary N) is 1. The van der Waals surface area contributed by atoms with Crippen molar-refractivity contribution in [2.24, 2.45) is 0 Å². The minimum Gasteiger partial charge on any atom is -0.481 e. The molecule has 8 heteroatoms. The number of rotatable bonds is 7. The van der Waals surface area contributed by atoms with Crippen LogP contribution < -0.4 is 5.32 Å². The van der Waals surface area contributed by atoms with Gasteiger partial charge < -0.3 is 14.9 Å². The Morgan fingerprint density at radius 3 is 3.00 bits per heavy atom. The molecule has 0 saturated carbocycles. The first kappa shape index (κ1) is 13.5. The van der Waals surface area contributed by atoms with E-state index in [1.54, 1.807) is 6.92 Å². The van der Waals surface area contributed by atoms with Gasteiger partial charge in [0.1, 0.15) is 0 Å². The largest absolute Gasteiger partial charge is 0.481 e. The molecule has 0 atom stereocenters. The standard InChI is InChI=1S/C11H14N4O3S/c1-7-13-9(18-15-7)4-5-12-11-14-8(6-19-11)2-3-10(16)17/h6H,2-5H2,1H3,(H,12,14)(H,16,17). The van der Waals surface area contributed by atoms with Gasteiger partial charge in [0.2, 0.25) is 5.89 Å². The second-order valence-electron chi connectivity index (χ2n) is 3.95. The van der Waals surface area contributed by atoms with E-state index >= 15 is 0 Å². The highest BCUT2D eigenvalue weighted by molar-refractivity contribution is 7.13. The van der Waals surface area contributed by atoms with Crippen LogP contribution in [0.15, 0.2) is 9.90 Å². The molecule has 0 aromatic carbocycles. The predicted octanol–water partition coefficient (Wildman–Crippen LogP) is 1.51. The van der Waals surface area contributed by atoms with Gasteiger partial charge in [-0.1, -0.05) is 5.16 Å². The van der Waals surface area contributed by atoms with Crippen molar-refractivity contribution in [1.82, 2.24) is 15.1 Å². The maximum Gasteiger partial charge on any atom is 0.303 e. The third-order valence-electron chi connectivity index (χ3n) is 2.33. The monoisotopic (exact) mass is 282 g/mol. The van der Waals surface area contributed by atoms with Crippen LogP contribution in [0.25, 0.3) is 0 Å². The second kappa shape index (κ2) is 6.28. The zero-order valence-corrected chi connectivity index (χ0v) is 11.2. The number of hydrogen-bond donors (Lipinski definition) is 2. The Morgan fingerprint density at radius 1 is 1.47 bits per heavy atom. The third kappa shape index (κ3) is 4.32. The molecular weight excluding hydrogens is 268 g/mol. The van der Waals surface area contributed by atoms with Gasteiger partial charge in [-0.3, -0.25) is 4.79 Å². The maximum atomic E-state index is 10.4. The van der Waals surface area contributed by atoms with Crippen LogP contribution >= 0.6 is 11.3 Å². The summed E-state index contributed by atoms with van der Waals surface area (Å²) < 4.78 is 4.99. The van der Waals surface area contributed by atoms with Crippen molar-refractivity contribution in [3.05, 3.63) is 22.8 Å². The first-order chi connectivity index (χ1) is 9.13. The molecule has 0 bridgehead atoms. The smallest absolute Gasteiger partial charge is 0.303 e. The molecule has 0 spiro atoms. The number of carboxylic acid groups (broad SMARTS) is 1. The zero-order valence-electron chi connectivity index (χ0n) is 10.4. The highest BCUT2D eigenvalue weighted by atomic mass is 32.1. The molecule has 0 unspecified atom stereocenters. The maximum absolute atomic E-state index is 10.4. The molecule has 0 saturated heterocycles. The lowest BCUT2D eigenvalue weighted by molar-refractivity contribution is -0.136. The number of anilines is 1. The zero-order chi connectivity index (χ0) is 13.7.